The molecule has 0 fully saturated rings. The van der Waals surface area contributed by atoms with Gasteiger partial charge >= 0.3 is 12.0 Å². The van der Waals surface area contributed by atoms with Crippen LogP contribution in [0, 0.1) is 0 Å². The van der Waals surface area contributed by atoms with E-state index in [1.165, 1.54) is 0 Å². The highest BCUT2D eigenvalue weighted by Gasteiger charge is 2.22. The van der Waals surface area contributed by atoms with Crippen LogP contribution in [-0.4, -0.2) is 51.3 Å². The number of rotatable bonds is 8. The molecule has 0 saturated heterocycles. The zero-order chi connectivity index (χ0) is 15.0. The van der Waals surface area contributed by atoms with Crippen molar-refractivity contribution in [1.29, 1.82) is 0 Å². The molecule has 0 bridgehead atoms. The number of amides is 3. The van der Waals surface area contributed by atoms with Crippen molar-refractivity contribution in [2.24, 2.45) is 5.73 Å². The molecular formula is C10H19N3O5S. The van der Waals surface area contributed by atoms with Crippen LogP contribution >= 0.6 is 0 Å². The predicted molar refractivity (Wildman–Crippen MR) is 69.9 cm³/mol. The smallest absolute Gasteiger partial charge is 0.326 e. The Morgan fingerprint density at radius 3 is 2.32 bits per heavy atom. The largest absolute Gasteiger partial charge is 0.480 e. The average molecular weight is 293 g/mol. The number of hydrogen-bond donors (Lipinski definition) is 4. The van der Waals surface area contributed by atoms with Crippen LogP contribution in [-0.2, 0) is 20.4 Å². The molecule has 110 valence electrons. The number of hydrogen-bond acceptors (Lipinski definition) is 4. The summed E-state index contributed by atoms with van der Waals surface area (Å²) in [5.74, 6) is -1.72. The Morgan fingerprint density at radius 1 is 1.32 bits per heavy atom. The minimum absolute atomic E-state index is 0.257. The number of carbonyl (C=O) groups excluding carboxylic acids is 2. The Kier molecular flexibility index (Phi) is 7.73. The van der Waals surface area contributed by atoms with E-state index in [1.807, 2.05) is 0 Å². The van der Waals surface area contributed by atoms with E-state index >= 15 is 0 Å². The lowest BCUT2D eigenvalue weighted by molar-refractivity contribution is -0.140. The number of nitrogens with two attached hydrogens (primary N) is 1. The van der Waals surface area contributed by atoms with Gasteiger partial charge in [0.1, 0.15) is 6.04 Å². The number of primary amides is 1. The second kappa shape index (κ2) is 8.46. The van der Waals surface area contributed by atoms with Crippen LogP contribution in [0.25, 0.3) is 0 Å². The molecule has 9 heteroatoms. The number of carbonyl (C=O) groups is 3. The molecule has 0 aromatic rings. The molecule has 0 aromatic heterocycles. The normalized spacial score (nSPS) is 15.1. The summed E-state index contributed by atoms with van der Waals surface area (Å²) in [4.78, 5) is 32.9. The lowest BCUT2D eigenvalue weighted by Crippen LogP contribution is -2.49. The van der Waals surface area contributed by atoms with Gasteiger partial charge in [0.2, 0.25) is 5.91 Å². The maximum atomic E-state index is 11.5. The van der Waals surface area contributed by atoms with E-state index < -0.39 is 41.2 Å². The molecule has 0 saturated carbocycles. The molecule has 0 radical (unpaired) electrons. The maximum absolute atomic E-state index is 11.5. The minimum atomic E-state index is -1.36. The zero-order valence-corrected chi connectivity index (χ0v) is 11.7. The third kappa shape index (κ3) is 9.00. The summed E-state index contributed by atoms with van der Waals surface area (Å²) in [5.41, 5.74) is 4.88. The van der Waals surface area contributed by atoms with Crippen molar-refractivity contribution in [1.82, 2.24) is 10.6 Å². The van der Waals surface area contributed by atoms with Crippen LogP contribution in [0.3, 0.4) is 0 Å². The van der Waals surface area contributed by atoms with Gasteiger partial charge in [0, 0.05) is 28.9 Å². The first-order chi connectivity index (χ1) is 8.72. The molecule has 0 aliphatic rings. The predicted octanol–water partition coefficient (Wildman–Crippen LogP) is -1.23. The molecule has 19 heavy (non-hydrogen) atoms. The lowest BCUT2D eigenvalue weighted by Gasteiger charge is -2.17. The second-order valence-electron chi connectivity index (χ2n) is 4.15. The molecule has 5 N–H and O–H groups in total. The number of urea groups is 1. The summed E-state index contributed by atoms with van der Waals surface area (Å²) in [7, 11) is -0.954. The zero-order valence-electron chi connectivity index (χ0n) is 10.8. The Hall–Kier alpha value is -1.64. The summed E-state index contributed by atoms with van der Waals surface area (Å²) in [6, 6.07) is -2.32. The van der Waals surface area contributed by atoms with E-state index in [1.54, 1.807) is 13.2 Å². The van der Waals surface area contributed by atoms with Gasteiger partial charge < -0.3 is 21.5 Å². The van der Waals surface area contributed by atoms with E-state index in [2.05, 4.69) is 10.6 Å². The van der Waals surface area contributed by atoms with Gasteiger partial charge in [-0.1, -0.05) is 0 Å². The lowest BCUT2D eigenvalue weighted by atomic mass is 10.2. The summed E-state index contributed by atoms with van der Waals surface area (Å²) < 4.78 is 10.9. The van der Waals surface area contributed by atoms with Gasteiger partial charge in [-0.2, -0.15) is 0 Å². The third-order valence-corrected chi connectivity index (χ3v) is 3.04. The molecule has 3 unspecified atom stereocenters. The molecule has 0 rings (SSSR count). The molecule has 3 atom stereocenters. The van der Waals surface area contributed by atoms with E-state index in [-0.39, 0.29) is 6.04 Å². The fourth-order valence-corrected chi connectivity index (χ4v) is 1.93. The van der Waals surface area contributed by atoms with Crippen LogP contribution < -0.4 is 16.4 Å². The Bertz CT molecular complexity index is 374. The number of nitrogens with one attached hydrogen (secondary N) is 2. The van der Waals surface area contributed by atoms with Crippen molar-refractivity contribution >= 4 is 28.7 Å². The monoisotopic (exact) mass is 293 g/mol. The quantitative estimate of drug-likeness (QED) is 0.444. The van der Waals surface area contributed by atoms with Gasteiger partial charge in [-0.05, 0) is 13.3 Å². The van der Waals surface area contributed by atoms with Gasteiger partial charge in [0.15, 0.2) is 0 Å². The molecule has 0 aliphatic heterocycles. The highest BCUT2D eigenvalue weighted by molar-refractivity contribution is 7.84. The van der Waals surface area contributed by atoms with Crippen molar-refractivity contribution < 1.29 is 23.7 Å². The highest BCUT2D eigenvalue weighted by atomic mass is 32.2. The summed E-state index contributed by atoms with van der Waals surface area (Å²) in [6.45, 7) is 1.70. The summed E-state index contributed by atoms with van der Waals surface area (Å²) in [5, 5.41) is 13.4. The fraction of sp³-hybridized carbons (Fsp3) is 0.700. The van der Waals surface area contributed by atoms with Crippen LogP contribution in [0.15, 0.2) is 0 Å². The molecule has 3 amide bonds. The van der Waals surface area contributed by atoms with Crippen molar-refractivity contribution in [3.05, 3.63) is 0 Å². The van der Waals surface area contributed by atoms with Crippen LogP contribution in [0.5, 0.6) is 0 Å². The molecule has 0 aliphatic carbocycles. The average Bonchev–Trinajstić information content (AvgIpc) is 2.24. The van der Waals surface area contributed by atoms with E-state index in [0.29, 0.717) is 12.2 Å². The van der Waals surface area contributed by atoms with Crippen LogP contribution in [0.4, 0.5) is 4.79 Å². The first-order valence-electron chi connectivity index (χ1n) is 5.60. The maximum Gasteiger partial charge on any atom is 0.326 e. The molecule has 0 spiro atoms. The summed E-state index contributed by atoms with van der Waals surface area (Å²) in [6.07, 6.45) is 1.58. The van der Waals surface area contributed by atoms with Gasteiger partial charge in [-0.25, -0.2) is 9.59 Å². The van der Waals surface area contributed by atoms with Crippen LogP contribution in [0.1, 0.15) is 19.8 Å². The van der Waals surface area contributed by atoms with E-state index in [4.69, 9.17) is 10.8 Å². The number of aliphatic carboxylic acids is 1. The van der Waals surface area contributed by atoms with Crippen molar-refractivity contribution in [2.75, 3.05) is 12.0 Å². The molecule has 0 aromatic carbocycles. The van der Waals surface area contributed by atoms with Crippen molar-refractivity contribution in [3.63, 3.8) is 0 Å². The van der Waals surface area contributed by atoms with Gasteiger partial charge in [0.05, 0.1) is 6.42 Å². The summed E-state index contributed by atoms with van der Waals surface area (Å²) >= 11 is 0. The fourth-order valence-electron chi connectivity index (χ4n) is 1.24. The number of carboxylic acid groups (broad SMARTS) is 1. The Balaban J connectivity index is 4.22. The van der Waals surface area contributed by atoms with Crippen LogP contribution in [0.2, 0.25) is 0 Å². The van der Waals surface area contributed by atoms with E-state index in [0.717, 1.165) is 0 Å². The van der Waals surface area contributed by atoms with Gasteiger partial charge in [0.25, 0.3) is 0 Å². The number of carboxylic acids is 1. The standard InChI is InChI=1S/C10H19N3O5S/c1-6(3-4-19(2)18)12-10(17)13-7(9(15)16)5-8(11)14/h6-7H,3-5H2,1-2H3,(H2,11,14)(H,15,16)(H2,12,13,17). The highest BCUT2D eigenvalue weighted by Crippen LogP contribution is 1.95. The minimum Gasteiger partial charge on any atom is -0.480 e. The third-order valence-electron chi connectivity index (χ3n) is 2.22. The van der Waals surface area contributed by atoms with Gasteiger partial charge in [-0.15, -0.1) is 0 Å². The topological polar surface area (TPSA) is 139 Å². The Labute approximate surface area is 113 Å². The van der Waals surface area contributed by atoms with E-state index in [9.17, 15) is 18.6 Å². The second-order valence-corrected chi connectivity index (χ2v) is 5.70. The van der Waals surface area contributed by atoms with Crippen molar-refractivity contribution in [3.8, 4) is 0 Å². The Morgan fingerprint density at radius 2 is 1.89 bits per heavy atom. The first kappa shape index (κ1) is 17.4. The molecule has 8 nitrogen and oxygen atoms in total. The van der Waals surface area contributed by atoms with Crippen molar-refractivity contribution in [2.45, 2.75) is 31.8 Å². The SMILES string of the molecule is CC(CCS(C)=O)NC(=O)NC(CC(N)=O)C(=O)O. The van der Waals surface area contributed by atoms with Gasteiger partial charge in [-0.3, -0.25) is 9.00 Å². The molecule has 0 heterocycles. The first-order valence-corrected chi connectivity index (χ1v) is 7.33. The molecular weight excluding hydrogens is 274 g/mol.